The second-order valence-electron chi connectivity index (χ2n) is 7.26. The van der Waals surface area contributed by atoms with Crippen molar-refractivity contribution < 1.29 is 17.9 Å². The number of nitrogens with zero attached hydrogens (tertiary/aromatic N) is 4. The number of likely N-dealkylation sites (tertiary alicyclic amines) is 1. The van der Waals surface area contributed by atoms with Crippen LogP contribution in [0, 0.1) is 5.41 Å². The molecule has 2 aliphatic heterocycles. The fourth-order valence-electron chi connectivity index (χ4n) is 4.03. The Morgan fingerprint density at radius 1 is 1.37 bits per heavy atom. The van der Waals surface area contributed by atoms with Crippen LogP contribution in [-0.2, 0) is 24.5 Å². The highest BCUT2D eigenvalue weighted by Crippen LogP contribution is 2.37. The highest BCUT2D eigenvalue weighted by Gasteiger charge is 2.39. The topological polar surface area (TPSA) is 54.7 Å². The average Bonchev–Trinajstić information content (AvgIpc) is 2.97. The number of nitrogens with one attached hydrogen (secondary N) is 1. The van der Waals surface area contributed by atoms with Crippen molar-refractivity contribution in [1.82, 2.24) is 20.0 Å². The molecule has 27 heavy (non-hydrogen) atoms. The van der Waals surface area contributed by atoms with E-state index in [9.17, 15) is 13.2 Å². The maximum atomic E-state index is 13.1. The molecule has 2 aliphatic rings. The first-order valence-corrected chi connectivity index (χ1v) is 8.96. The molecule has 1 unspecified atom stereocenters. The van der Waals surface area contributed by atoms with Gasteiger partial charge in [0, 0.05) is 57.5 Å². The smallest absolute Gasteiger partial charge is 0.381 e. The van der Waals surface area contributed by atoms with Crippen LogP contribution in [0.5, 0.6) is 0 Å². The Kier molecular flexibility index (Phi) is 7.40. The van der Waals surface area contributed by atoms with Crippen LogP contribution in [0.3, 0.4) is 0 Å². The SMILES string of the molecule is CN=C(NCc1cn(C)nc1C(F)(F)F)N1CCCC2(CCCOC2)C1.I. The Bertz CT molecular complexity index is 650. The summed E-state index contributed by atoms with van der Waals surface area (Å²) in [6.45, 7) is 3.28. The summed E-state index contributed by atoms with van der Waals surface area (Å²) in [6, 6.07) is 0. The van der Waals surface area contributed by atoms with Gasteiger partial charge >= 0.3 is 6.18 Å². The van der Waals surface area contributed by atoms with E-state index in [1.807, 2.05) is 0 Å². The van der Waals surface area contributed by atoms with Crippen LogP contribution in [0.15, 0.2) is 11.2 Å². The lowest BCUT2D eigenvalue weighted by Gasteiger charge is -2.45. The number of hydrogen-bond acceptors (Lipinski definition) is 3. The number of piperidine rings is 1. The van der Waals surface area contributed by atoms with Crippen molar-refractivity contribution in [1.29, 1.82) is 0 Å². The summed E-state index contributed by atoms with van der Waals surface area (Å²) in [5.74, 6) is 0.631. The summed E-state index contributed by atoms with van der Waals surface area (Å²) in [7, 11) is 3.15. The molecule has 1 aromatic rings. The molecular formula is C17H27F3IN5O. The Morgan fingerprint density at radius 3 is 2.74 bits per heavy atom. The zero-order valence-corrected chi connectivity index (χ0v) is 18.0. The number of aliphatic imine (C=N–C) groups is 1. The molecule has 3 rings (SSSR count). The minimum Gasteiger partial charge on any atom is -0.381 e. The number of aryl methyl sites for hydroxylation is 1. The van der Waals surface area contributed by atoms with Crippen LogP contribution >= 0.6 is 24.0 Å². The monoisotopic (exact) mass is 501 g/mol. The molecule has 6 nitrogen and oxygen atoms in total. The lowest BCUT2D eigenvalue weighted by atomic mass is 9.76. The van der Waals surface area contributed by atoms with Crippen molar-refractivity contribution in [2.24, 2.45) is 17.5 Å². The molecule has 1 N–H and O–H groups in total. The highest BCUT2D eigenvalue weighted by atomic mass is 127. The van der Waals surface area contributed by atoms with Gasteiger partial charge in [0.25, 0.3) is 0 Å². The third-order valence-electron chi connectivity index (χ3n) is 5.19. The van der Waals surface area contributed by atoms with Crippen LogP contribution in [-0.4, -0.2) is 54.0 Å². The first kappa shape index (κ1) is 22.3. The van der Waals surface area contributed by atoms with E-state index < -0.39 is 11.9 Å². The molecule has 3 heterocycles. The van der Waals surface area contributed by atoms with Crippen molar-refractivity contribution in [3.8, 4) is 0 Å². The van der Waals surface area contributed by atoms with E-state index in [1.165, 1.54) is 17.9 Å². The number of hydrogen-bond donors (Lipinski definition) is 1. The summed E-state index contributed by atoms with van der Waals surface area (Å²) in [4.78, 5) is 6.43. The third-order valence-corrected chi connectivity index (χ3v) is 5.19. The molecule has 1 aromatic heterocycles. The van der Waals surface area contributed by atoms with E-state index >= 15 is 0 Å². The number of alkyl halides is 3. The minimum absolute atomic E-state index is 0. The van der Waals surface area contributed by atoms with Gasteiger partial charge in [0.15, 0.2) is 11.7 Å². The average molecular weight is 501 g/mol. The Hall–Kier alpha value is -1.04. The summed E-state index contributed by atoms with van der Waals surface area (Å²) in [5, 5.41) is 6.63. The third kappa shape index (κ3) is 5.27. The van der Waals surface area contributed by atoms with E-state index in [0.29, 0.717) is 5.96 Å². The van der Waals surface area contributed by atoms with Crippen LogP contribution in [0.25, 0.3) is 0 Å². The summed E-state index contributed by atoms with van der Waals surface area (Å²) in [5.41, 5.74) is -0.591. The Balaban J connectivity index is 0.00000261. The normalized spacial score (nSPS) is 24.0. The zero-order chi connectivity index (χ0) is 18.8. The van der Waals surface area contributed by atoms with Crippen molar-refractivity contribution in [2.45, 2.75) is 38.4 Å². The van der Waals surface area contributed by atoms with Gasteiger partial charge in [-0.1, -0.05) is 0 Å². The van der Waals surface area contributed by atoms with Gasteiger partial charge in [-0.3, -0.25) is 9.67 Å². The highest BCUT2D eigenvalue weighted by molar-refractivity contribution is 14.0. The molecule has 0 aromatic carbocycles. The molecule has 0 amide bonds. The maximum absolute atomic E-state index is 13.1. The molecule has 0 radical (unpaired) electrons. The van der Waals surface area contributed by atoms with Crippen LogP contribution in [0.1, 0.15) is 36.9 Å². The van der Waals surface area contributed by atoms with Gasteiger partial charge in [0.1, 0.15) is 0 Å². The van der Waals surface area contributed by atoms with Crippen LogP contribution < -0.4 is 5.32 Å². The number of halogens is 4. The first-order chi connectivity index (χ1) is 12.3. The number of guanidine groups is 1. The van der Waals surface area contributed by atoms with Crippen molar-refractivity contribution >= 4 is 29.9 Å². The Labute approximate surface area is 174 Å². The number of ether oxygens (including phenoxy) is 1. The van der Waals surface area contributed by atoms with Crippen LogP contribution in [0.2, 0.25) is 0 Å². The molecule has 10 heteroatoms. The first-order valence-electron chi connectivity index (χ1n) is 8.96. The molecule has 2 fully saturated rings. The van der Waals surface area contributed by atoms with Crippen molar-refractivity contribution in [3.63, 3.8) is 0 Å². The molecule has 0 aliphatic carbocycles. The second-order valence-corrected chi connectivity index (χ2v) is 7.26. The maximum Gasteiger partial charge on any atom is 0.435 e. The minimum atomic E-state index is -4.46. The predicted octanol–water partition coefficient (Wildman–Crippen LogP) is 3.02. The van der Waals surface area contributed by atoms with Crippen LogP contribution in [0.4, 0.5) is 13.2 Å². The van der Waals surface area contributed by atoms with E-state index in [2.05, 4.69) is 20.3 Å². The van der Waals surface area contributed by atoms with Gasteiger partial charge < -0.3 is 15.0 Å². The lowest BCUT2D eigenvalue weighted by Crippen LogP contribution is -2.52. The van der Waals surface area contributed by atoms with Gasteiger partial charge in [-0.2, -0.15) is 18.3 Å². The molecule has 2 saturated heterocycles. The van der Waals surface area contributed by atoms with Crippen molar-refractivity contribution in [3.05, 3.63) is 17.5 Å². The van der Waals surface area contributed by atoms with Gasteiger partial charge in [0.2, 0.25) is 0 Å². The molecule has 0 saturated carbocycles. The Morgan fingerprint density at radius 2 is 2.11 bits per heavy atom. The fourth-order valence-corrected chi connectivity index (χ4v) is 4.03. The summed E-state index contributed by atoms with van der Waals surface area (Å²) < 4.78 is 46.2. The van der Waals surface area contributed by atoms with Gasteiger partial charge in [-0.15, -0.1) is 24.0 Å². The molecular weight excluding hydrogens is 474 g/mol. The summed E-state index contributed by atoms with van der Waals surface area (Å²) in [6.07, 6.45) is 1.28. The van der Waals surface area contributed by atoms with Gasteiger partial charge in [-0.25, -0.2) is 0 Å². The molecule has 1 spiro atoms. The lowest BCUT2D eigenvalue weighted by molar-refractivity contribution is -0.142. The molecule has 0 bridgehead atoms. The number of aromatic nitrogens is 2. The van der Waals surface area contributed by atoms with E-state index in [1.54, 1.807) is 7.05 Å². The quantitative estimate of drug-likeness (QED) is 0.385. The van der Waals surface area contributed by atoms with E-state index in [-0.39, 0.29) is 41.5 Å². The molecule has 1 atom stereocenters. The van der Waals surface area contributed by atoms with Crippen molar-refractivity contribution in [2.75, 3.05) is 33.4 Å². The summed E-state index contributed by atoms with van der Waals surface area (Å²) >= 11 is 0. The van der Waals surface area contributed by atoms with E-state index in [0.717, 1.165) is 52.0 Å². The second kappa shape index (κ2) is 8.97. The molecule has 154 valence electrons. The largest absolute Gasteiger partial charge is 0.435 e. The van der Waals surface area contributed by atoms with Gasteiger partial charge in [-0.05, 0) is 25.7 Å². The fraction of sp³-hybridized carbons (Fsp3) is 0.765. The number of rotatable bonds is 2. The zero-order valence-electron chi connectivity index (χ0n) is 15.7. The standard InChI is InChI=1S/C17H26F3N5O.HI/c1-21-15(22-9-13-10-24(2)23-14(13)17(18,19)20)25-7-3-5-16(11-25)6-4-8-26-12-16;/h10H,3-9,11-12H2,1-2H3,(H,21,22);1H. The predicted molar refractivity (Wildman–Crippen MR) is 107 cm³/mol. The van der Waals surface area contributed by atoms with E-state index in [4.69, 9.17) is 4.74 Å². The van der Waals surface area contributed by atoms with Gasteiger partial charge in [0.05, 0.1) is 6.61 Å².